The van der Waals surface area contributed by atoms with Crippen LogP contribution in [0.5, 0.6) is 0 Å². The topological polar surface area (TPSA) is 34.0 Å². The number of pyridine rings is 1. The highest BCUT2D eigenvalue weighted by atomic mass is 16.1. The van der Waals surface area contributed by atoms with Crippen molar-refractivity contribution < 1.29 is 0 Å². The zero-order valence-corrected chi connectivity index (χ0v) is 10.4. The molecule has 0 aliphatic heterocycles. The molecule has 17 heavy (non-hydrogen) atoms. The van der Waals surface area contributed by atoms with Gasteiger partial charge in [0.25, 0.3) is 0 Å². The van der Waals surface area contributed by atoms with Crippen molar-refractivity contribution in [1.82, 2.24) is 4.57 Å². The smallest absolute Gasteiger partial charge is 0.191 e. The number of hydrogen-bond acceptors (Lipinski definition) is 2. The molecule has 1 N–H and O–H groups in total. The van der Waals surface area contributed by atoms with Crippen LogP contribution < -0.4 is 10.7 Å². The number of anilines is 1. The summed E-state index contributed by atoms with van der Waals surface area (Å²) in [5, 5.41) is 4.08. The number of nitrogens with one attached hydrogen (secondary N) is 1. The monoisotopic (exact) mass is 230 g/mol. The SMILES string of the molecule is CCCCNc1cc(=O)c2ccccc2n1C. The lowest BCUT2D eigenvalue weighted by molar-refractivity contribution is 0.819. The number of nitrogens with zero attached hydrogens (tertiary/aromatic N) is 1. The molecule has 0 amide bonds. The molecule has 0 saturated carbocycles. The Morgan fingerprint density at radius 3 is 2.82 bits per heavy atom. The molecule has 90 valence electrons. The molecular weight excluding hydrogens is 212 g/mol. The molecule has 0 aliphatic rings. The van der Waals surface area contributed by atoms with Crippen LogP contribution in [0.4, 0.5) is 5.82 Å². The van der Waals surface area contributed by atoms with E-state index in [2.05, 4.69) is 12.2 Å². The lowest BCUT2D eigenvalue weighted by Crippen LogP contribution is -2.13. The number of aromatic nitrogens is 1. The maximum Gasteiger partial charge on any atom is 0.191 e. The number of rotatable bonds is 4. The van der Waals surface area contributed by atoms with E-state index in [4.69, 9.17) is 0 Å². The van der Waals surface area contributed by atoms with E-state index in [-0.39, 0.29) is 5.43 Å². The average Bonchev–Trinajstić information content (AvgIpc) is 2.36. The highest BCUT2D eigenvalue weighted by Gasteiger charge is 2.04. The summed E-state index contributed by atoms with van der Waals surface area (Å²) in [6.07, 6.45) is 2.26. The second kappa shape index (κ2) is 5.04. The number of para-hydroxylation sites is 1. The fraction of sp³-hybridized carbons (Fsp3) is 0.357. The summed E-state index contributed by atoms with van der Waals surface area (Å²) in [6, 6.07) is 9.37. The number of unbranched alkanes of at least 4 members (excludes halogenated alkanes) is 1. The third kappa shape index (κ3) is 2.33. The van der Waals surface area contributed by atoms with Gasteiger partial charge in [0.15, 0.2) is 5.43 Å². The van der Waals surface area contributed by atoms with Crippen LogP contribution in [0.25, 0.3) is 10.9 Å². The molecule has 0 unspecified atom stereocenters. The third-order valence-corrected chi connectivity index (χ3v) is 3.00. The van der Waals surface area contributed by atoms with E-state index in [1.54, 1.807) is 6.07 Å². The molecule has 0 spiro atoms. The third-order valence-electron chi connectivity index (χ3n) is 3.00. The quantitative estimate of drug-likeness (QED) is 0.819. The molecule has 0 atom stereocenters. The molecular formula is C14H18N2O. The Bertz CT molecular complexity index is 572. The highest BCUT2D eigenvalue weighted by molar-refractivity contribution is 5.80. The fourth-order valence-electron chi connectivity index (χ4n) is 1.97. The standard InChI is InChI=1S/C14H18N2O/c1-3-4-9-15-14-10-13(17)11-7-5-6-8-12(11)16(14)2/h5-8,10,15H,3-4,9H2,1-2H3. The first-order valence-electron chi connectivity index (χ1n) is 6.06. The Morgan fingerprint density at radius 1 is 1.29 bits per heavy atom. The molecule has 0 fully saturated rings. The largest absolute Gasteiger partial charge is 0.371 e. The van der Waals surface area contributed by atoms with Crippen LogP contribution in [0.1, 0.15) is 19.8 Å². The minimum absolute atomic E-state index is 0.0812. The van der Waals surface area contributed by atoms with Gasteiger partial charge in [0.1, 0.15) is 5.82 Å². The molecule has 0 bridgehead atoms. The zero-order chi connectivity index (χ0) is 12.3. The molecule has 3 heteroatoms. The van der Waals surface area contributed by atoms with Crippen molar-refractivity contribution in [3.63, 3.8) is 0 Å². The Kier molecular flexibility index (Phi) is 3.47. The average molecular weight is 230 g/mol. The van der Waals surface area contributed by atoms with Gasteiger partial charge in [-0.15, -0.1) is 0 Å². The zero-order valence-electron chi connectivity index (χ0n) is 10.4. The van der Waals surface area contributed by atoms with Gasteiger partial charge in [0.2, 0.25) is 0 Å². The molecule has 2 rings (SSSR count). The van der Waals surface area contributed by atoms with Crippen molar-refractivity contribution in [2.75, 3.05) is 11.9 Å². The van der Waals surface area contributed by atoms with Crippen LogP contribution in [0, 0.1) is 0 Å². The Hall–Kier alpha value is -1.77. The van der Waals surface area contributed by atoms with E-state index < -0.39 is 0 Å². The second-order valence-corrected chi connectivity index (χ2v) is 4.25. The molecule has 0 aliphatic carbocycles. The molecule has 3 nitrogen and oxygen atoms in total. The summed E-state index contributed by atoms with van der Waals surface area (Å²) < 4.78 is 2.03. The molecule has 1 aromatic carbocycles. The maximum absolute atomic E-state index is 11.9. The minimum atomic E-state index is 0.0812. The van der Waals surface area contributed by atoms with E-state index in [1.807, 2.05) is 35.9 Å². The predicted octanol–water partition coefficient (Wildman–Crippen LogP) is 2.75. The first-order chi connectivity index (χ1) is 8.24. The highest BCUT2D eigenvalue weighted by Crippen LogP contribution is 2.14. The number of benzene rings is 1. The summed E-state index contributed by atoms with van der Waals surface area (Å²) in [7, 11) is 1.98. The summed E-state index contributed by atoms with van der Waals surface area (Å²) in [5.74, 6) is 0.891. The molecule has 1 aromatic heterocycles. The van der Waals surface area contributed by atoms with Gasteiger partial charge in [-0.25, -0.2) is 0 Å². The lowest BCUT2D eigenvalue weighted by atomic mass is 10.2. The summed E-state index contributed by atoms with van der Waals surface area (Å²) in [6.45, 7) is 3.06. The first-order valence-corrected chi connectivity index (χ1v) is 6.06. The molecule has 2 aromatic rings. The van der Waals surface area contributed by atoms with Crippen LogP contribution >= 0.6 is 0 Å². The van der Waals surface area contributed by atoms with Crippen molar-refractivity contribution in [2.24, 2.45) is 7.05 Å². The van der Waals surface area contributed by atoms with Gasteiger partial charge in [-0.05, 0) is 18.6 Å². The molecule has 0 radical (unpaired) electrons. The Morgan fingerprint density at radius 2 is 2.06 bits per heavy atom. The Balaban J connectivity index is 2.44. The minimum Gasteiger partial charge on any atom is -0.371 e. The number of hydrogen-bond donors (Lipinski definition) is 1. The summed E-state index contributed by atoms with van der Waals surface area (Å²) in [4.78, 5) is 11.9. The van der Waals surface area contributed by atoms with Crippen molar-refractivity contribution in [3.8, 4) is 0 Å². The van der Waals surface area contributed by atoms with Gasteiger partial charge in [0.05, 0.1) is 5.52 Å². The van der Waals surface area contributed by atoms with Crippen molar-refractivity contribution >= 4 is 16.7 Å². The molecule has 1 heterocycles. The summed E-state index contributed by atoms with van der Waals surface area (Å²) in [5.41, 5.74) is 1.05. The van der Waals surface area contributed by atoms with Crippen LogP contribution in [0.2, 0.25) is 0 Å². The van der Waals surface area contributed by atoms with E-state index in [0.717, 1.165) is 36.1 Å². The van der Waals surface area contributed by atoms with Gasteiger partial charge < -0.3 is 9.88 Å². The second-order valence-electron chi connectivity index (χ2n) is 4.25. The van der Waals surface area contributed by atoms with Gasteiger partial charge in [-0.2, -0.15) is 0 Å². The van der Waals surface area contributed by atoms with E-state index >= 15 is 0 Å². The summed E-state index contributed by atoms with van der Waals surface area (Å²) >= 11 is 0. The van der Waals surface area contributed by atoms with Gasteiger partial charge in [0, 0.05) is 25.0 Å². The van der Waals surface area contributed by atoms with Crippen molar-refractivity contribution in [3.05, 3.63) is 40.6 Å². The van der Waals surface area contributed by atoms with Crippen LogP contribution in [0.3, 0.4) is 0 Å². The predicted molar refractivity (Wildman–Crippen MR) is 72.6 cm³/mol. The van der Waals surface area contributed by atoms with Gasteiger partial charge >= 0.3 is 0 Å². The lowest BCUT2D eigenvalue weighted by Gasteiger charge is -2.13. The normalized spacial score (nSPS) is 10.7. The number of aryl methyl sites for hydroxylation is 1. The van der Waals surface area contributed by atoms with Crippen LogP contribution in [0.15, 0.2) is 35.1 Å². The first kappa shape index (κ1) is 11.7. The van der Waals surface area contributed by atoms with E-state index in [1.165, 1.54) is 0 Å². The van der Waals surface area contributed by atoms with Gasteiger partial charge in [-0.3, -0.25) is 4.79 Å². The van der Waals surface area contributed by atoms with Gasteiger partial charge in [-0.1, -0.05) is 25.5 Å². The van der Waals surface area contributed by atoms with Crippen molar-refractivity contribution in [2.45, 2.75) is 19.8 Å². The van der Waals surface area contributed by atoms with Crippen LogP contribution in [-0.2, 0) is 7.05 Å². The van der Waals surface area contributed by atoms with E-state index in [0.29, 0.717) is 0 Å². The van der Waals surface area contributed by atoms with Crippen molar-refractivity contribution in [1.29, 1.82) is 0 Å². The van der Waals surface area contributed by atoms with Crippen LogP contribution in [-0.4, -0.2) is 11.1 Å². The maximum atomic E-state index is 11.9. The fourth-order valence-corrected chi connectivity index (χ4v) is 1.97. The number of fused-ring (bicyclic) bond motifs is 1. The Labute approximate surface area is 101 Å². The molecule has 0 saturated heterocycles. The van der Waals surface area contributed by atoms with E-state index in [9.17, 15) is 4.79 Å².